The van der Waals surface area contributed by atoms with Crippen molar-refractivity contribution < 1.29 is 14.3 Å². The molecule has 27 heavy (non-hydrogen) atoms. The second-order valence-corrected chi connectivity index (χ2v) is 6.31. The molecule has 0 aliphatic carbocycles. The number of carbonyl (C=O) groups is 2. The summed E-state index contributed by atoms with van der Waals surface area (Å²) in [6, 6.07) is 14.1. The number of nitrogens with one attached hydrogen (secondary N) is 3. The number of aryl methyl sites for hydroxylation is 1. The van der Waals surface area contributed by atoms with Gasteiger partial charge in [0.1, 0.15) is 5.75 Å². The highest BCUT2D eigenvalue weighted by molar-refractivity contribution is 6.07. The number of hydrogen-bond donors (Lipinski definition) is 3. The number of rotatable bonds is 5. The molecule has 2 aromatic carbocycles. The van der Waals surface area contributed by atoms with Crippen LogP contribution in [0.5, 0.6) is 5.75 Å². The van der Waals surface area contributed by atoms with Crippen LogP contribution in [0.2, 0.25) is 0 Å². The molecule has 0 saturated heterocycles. The summed E-state index contributed by atoms with van der Waals surface area (Å²) >= 11 is 0. The van der Waals surface area contributed by atoms with Crippen molar-refractivity contribution in [1.29, 1.82) is 0 Å². The van der Waals surface area contributed by atoms with Gasteiger partial charge in [0, 0.05) is 5.70 Å². The van der Waals surface area contributed by atoms with Crippen LogP contribution in [-0.2, 0) is 4.79 Å². The lowest BCUT2D eigenvalue weighted by Gasteiger charge is -2.29. The summed E-state index contributed by atoms with van der Waals surface area (Å²) in [7, 11) is 0. The van der Waals surface area contributed by atoms with Crippen LogP contribution in [0.3, 0.4) is 0 Å². The number of urea groups is 1. The predicted octanol–water partition coefficient (Wildman–Crippen LogP) is 3.66. The van der Waals surface area contributed by atoms with Crippen molar-refractivity contribution in [2.75, 3.05) is 11.9 Å². The molecule has 0 fully saturated rings. The number of para-hydroxylation sites is 2. The zero-order valence-electron chi connectivity index (χ0n) is 15.6. The molecule has 0 aromatic heterocycles. The van der Waals surface area contributed by atoms with Crippen LogP contribution < -0.4 is 20.7 Å². The van der Waals surface area contributed by atoms with Crippen molar-refractivity contribution in [2.24, 2.45) is 0 Å². The van der Waals surface area contributed by atoms with Gasteiger partial charge in [0.2, 0.25) is 0 Å². The number of hydrogen-bond acceptors (Lipinski definition) is 3. The Bertz CT molecular complexity index is 905. The number of ether oxygens (including phenoxy) is 1. The second kappa shape index (κ2) is 7.95. The minimum atomic E-state index is -0.529. The van der Waals surface area contributed by atoms with E-state index in [0.29, 0.717) is 29.3 Å². The topological polar surface area (TPSA) is 79.5 Å². The van der Waals surface area contributed by atoms with Crippen LogP contribution in [-0.4, -0.2) is 18.5 Å². The maximum absolute atomic E-state index is 13.1. The highest BCUT2D eigenvalue weighted by Crippen LogP contribution is 2.31. The summed E-state index contributed by atoms with van der Waals surface area (Å²) in [5.74, 6) is 0.312. The Balaban J connectivity index is 1.97. The van der Waals surface area contributed by atoms with Gasteiger partial charge < -0.3 is 20.7 Å². The first kappa shape index (κ1) is 18.5. The van der Waals surface area contributed by atoms with E-state index in [9.17, 15) is 9.59 Å². The van der Waals surface area contributed by atoms with Crippen LogP contribution >= 0.6 is 0 Å². The van der Waals surface area contributed by atoms with Gasteiger partial charge in [-0.2, -0.15) is 0 Å². The number of anilines is 1. The van der Waals surface area contributed by atoms with Crippen molar-refractivity contribution in [1.82, 2.24) is 10.6 Å². The molecule has 3 rings (SSSR count). The molecule has 0 saturated carbocycles. The second-order valence-electron chi connectivity index (χ2n) is 6.31. The Morgan fingerprint density at radius 1 is 1.11 bits per heavy atom. The maximum atomic E-state index is 13.1. The van der Waals surface area contributed by atoms with E-state index in [4.69, 9.17) is 4.74 Å². The largest absolute Gasteiger partial charge is 0.492 e. The average Bonchev–Trinajstić information content (AvgIpc) is 2.63. The molecule has 6 heteroatoms. The van der Waals surface area contributed by atoms with Gasteiger partial charge in [-0.1, -0.05) is 36.4 Å². The Morgan fingerprint density at radius 3 is 2.56 bits per heavy atom. The van der Waals surface area contributed by atoms with E-state index in [1.54, 1.807) is 19.1 Å². The average molecular weight is 365 g/mol. The van der Waals surface area contributed by atoms with Gasteiger partial charge in [-0.15, -0.1) is 0 Å². The van der Waals surface area contributed by atoms with Gasteiger partial charge in [0.25, 0.3) is 5.91 Å². The minimum Gasteiger partial charge on any atom is -0.492 e. The van der Waals surface area contributed by atoms with E-state index in [1.807, 2.05) is 50.2 Å². The van der Waals surface area contributed by atoms with Crippen LogP contribution in [0.1, 0.15) is 31.0 Å². The van der Waals surface area contributed by atoms with Gasteiger partial charge >= 0.3 is 6.03 Å². The van der Waals surface area contributed by atoms with Gasteiger partial charge in [0.05, 0.1) is 23.9 Å². The number of carbonyl (C=O) groups excluding carboxylic acids is 2. The van der Waals surface area contributed by atoms with Crippen LogP contribution in [0, 0.1) is 6.92 Å². The van der Waals surface area contributed by atoms with Gasteiger partial charge in [-0.25, -0.2) is 4.79 Å². The molecule has 0 radical (unpaired) electrons. The van der Waals surface area contributed by atoms with Crippen LogP contribution in [0.4, 0.5) is 10.5 Å². The van der Waals surface area contributed by atoms with E-state index in [2.05, 4.69) is 16.0 Å². The molecule has 6 nitrogen and oxygen atoms in total. The molecule has 0 bridgehead atoms. The molecule has 0 spiro atoms. The Kier molecular flexibility index (Phi) is 5.45. The summed E-state index contributed by atoms with van der Waals surface area (Å²) in [6.45, 7) is 6.07. The first-order chi connectivity index (χ1) is 13.0. The normalized spacial score (nSPS) is 16.4. The van der Waals surface area contributed by atoms with Crippen molar-refractivity contribution >= 4 is 17.6 Å². The molecular weight excluding hydrogens is 342 g/mol. The fourth-order valence-electron chi connectivity index (χ4n) is 3.18. The van der Waals surface area contributed by atoms with Crippen LogP contribution in [0.15, 0.2) is 59.8 Å². The lowest BCUT2D eigenvalue weighted by molar-refractivity contribution is -0.113. The highest BCUT2D eigenvalue weighted by Gasteiger charge is 2.32. The summed E-state index contributed by atoms with van der Waals surface area (Å²) in [4.78, 5) is 25.1. The summed E-state index contributed by atoms with van der Waals surface area (Å²) in [6.07, 6.45) is 0. The lowest BCUT2D eigenvalue weighted by atomic mass is 9.92. The van der Waals surface area contributed by atoms with E-state index in [0.717, 1.165) is 11.1 Å². The summed E-state index contributed by atoms with van der Waals surface area (Å²) in [5.41, 5.74) is 3.46. The fraction of sp³-hybridized carbons (Fsp3) is 0.238. The van der Waals surface area contributed by atoms with E-state index in [-0.39, 0.29) is 11.9 Å². The van der Waals surface area contributed by atoms with Crippen molar-refractivity contribution in [2.45, 2.75) is 26.8 Å². The first-order valence-electron chi connectivity index (χ1n) is 8.88. The van der Waals surface area contributed by atoms with Gasteiger partial charge in [0.15, 0.2) is 0 Å². The third-order valence-electron chi connectivity index (χ3n) is 4.45. The fourth-order valence-corrected chi connectivity index (χ4v) is 3.18. The molecule has 3 N–H and O–H groups in total. The Hall–Kier alpha value is -3.28. The zero-order valence-corrected chi connectivity index (χ0v) is 15.6. The molecular formula is C21H23N3O3. The van der Waals surface area contributed by atoms with E-state index >= 15 is 0 Å². The third-order valence-corrected chi connectivity index (χ3v) is 4.45. The smallest absolute Gasteiger partial charge is 0.319 e. The van der Waals surface area contributed by atoms with Gasteiger partial charge in [-0.3, -0.25) is 4.79 Å². The standard InChI is InChI=1S/C21H23N3O3/c1-4-27-17-12-8-7-11-16(17)23-20(25)18-14(3)22-21(26)24-19(18)15-10-6-5-9-13(15)2/h5-12,19H,4H2,1-3H3,(H,23,25)(H2,22,24,26)/t19-/m1/s1. The van der Waals surface area contributed by atoms with E-state index < -0.39 is 6.04 Å². The molecule has 1 aliphatic heterocycles. The van der Waals surface area contributed by atoms with Crippen molar-refractivity contribution in [3.05, 3.63) is 70.9 Å². The molecule has 0 unspecified atom stereocenters. The SMILES string of the molecule is CCOc1ccccc1NC(=O)C1=C(C)NC(=O)N[C@@H]1c1ccccc1C. The lowest BCUT2D eigenvalue weighted by Crippen LogP contribution is -2.46. The third kappa shape index (κ3) is 3.95. The maximum Gasteiger partial charge on any atom is 0.319 e. The monoisotopic (exact) mass is 365 g/mol. The van der Waals surface area contributed by atoms with Crippen LogP contribution in [0.25, 0.3) is 0 Å². The number of amides is 3. The number of benzene rings is 2. The van der Waals surface area contributed by atoms with Gasteiger partial charge in [-0.05, 0) is 44.0 Å². The molecule has 1 heterocycles. The molecule has 2 aromatic rings. The summed E-state index contributed by atoms with van der Waals surface area (Å²) < 4.78 is 5.58. The Labute approximate surface area is 158 Å². The highest BCUT2D eigenvalue weighted by atomic mass is 16.5. The molecule has 1 aliphatic rings. The van der Waals surface area contributed by atoms with Crippen molar-refractivity contribution in [3.8, 4) is 5.75 Å². The molecule has 140 valence electrons. The zero-order chi connectivity index (χ0) is 19.4. The minimum absolute atomic E-state index is 0.291. The predicted molar refractivity (Wildman–Crippen MR) is 105 cm³/mol. The molecule has 1 atom stereocenters. The quantitative estimate of drug-likeness (QED) is 0.756. The van der Waals surface area contributed by atoms with E-state index in [1.165, 1.54) is 0 Å². The Morgan fingerprint density at radius 2 is 1.81 bits per heavy atom. The first-order valence-corrected chi connectivity index (χ1v) is 8.88. The molecule has 3 amide bonds. The number of allylic oxidation sites excluding steroid dienone is 1. The van der Waals surface area contributed by atoms with Crippen molar-refractivity contribution in [3.63, 3.8) is 0 Å². The summed E-state index contributed by atoms with van der Waals surface area (Å²) in [5, 5.41) is 8.47.